The lowest BCUT2D eigenvalue weighted by molar-refractivity contribution is 0.628. The molecule has 3 aromatic rings. The normalized spacial score (nSPS) is 11.2. The number of rotatable bonds is 3. The van der Waals surface area contributed by atoms with Crippen molar-refractivity contribution in [2.24, 2.45) is 5.10 Å². The van der Waals surface area contributed by atoms with Crippen molar-refractivity contribution in [2.45, 2.75) is 0 Å². The summed E-state index contributed by atoms with van der Waals surface area (Å²) >= 11 is 0. The minimum absolute atomic E-state index is 0.273. The summed E-state index contributed by atoms with van der Waals surface area (Å²) in [4.78, 5) is 0. The number of hydrazone groups is 1. The van der Waals surface area contributed by atoms with Gasteiger partial charge in [0.1, 0.15) is 12.1 Å². The van der Waals surface area contributed by atoms with Crippen LogP contribution in [-0.2, 0) is 0 Å². The van der Waals surface area contributed by atoms with Crippen LogP contribution >= 0.6 is 0 Å². The molecule has 0 fully saturated rings. The van der Waals surface area contributed by atoms with Crippen LogP contribution in [0.25, 0.3) is 5.65 Å². The van der Waals surface area contributed by atoms with Crippen LogP contribution in [-0.4, -0.2) is 26.0 Å². The Bertz CT molecular complexity index is 718. The van der Waals surface area contributed by atoms with Gasteiger partial charge in [0.15, 0.2) is 11.5 Å². The van der Waals surface area contributed by atoms with Crippen LogP contribution in [0.5, 0.6) is 0 Å². The van der Waals surface area contributed by atoms with Gasteiger partial charge in [-0.1, -0.05) is 12.1 Å². The molecule has 0 amide bonds. The molecule has 0 atom stereocenters. The van der Waals surface area contributed by atoms with Crippen molar-refractivity contribution in [3.8, 4) is 0 Å². The molecule has 0 unspecified atom stereocenters. The molecule has 6 nitrogen and oxygen atoms in total. The zero-order chi connectivity index (χ0) is 13.1. The molecule has 0 aliphatic heterocycles. The molecule has 3 rings (SSSR count). The van der Waals surface area contributed by atoms with Crippen molar-refractivity contribution >= 4 is 17.7 Å². The Morgan fingerprint density at radius 3 is 2.84 bits per heavy atom. The molecule has 1 aromatic carbocycles. The van der Waals surface area contributed by atoms with Gasteiger partial charge in [-0.2, -0.15) is 9.62 Å². The second kappa shape index (κ2) is 4.81. The highest BCUT2D eigenvalue weighted by Crippen LogP contribution is 2.04. The standard InChI is InChI=1S/C12H9FN6/c13-10-3-1-9(2-4-10)7-14-16-11-5-6-12-17-15-8-19(12)18-11/h1-8H,(H,16,18). The van der Waals surface area contributed by atoms with Crippen LogP contribution in [0, 0.1) is 5.82 Å². The van der Waals surface area contributed by atoms with Gasteiger partial charge in [-0.3, -0.25) is 5.43 Å². The zero-order valence-corrected chi connectivity index (χ0v) is 9.73. The minimum atomic E-state index is -0.273. The Morgan fingerprint density at radius 2 is 2.00 bits per heavy atom. The summed E-state index contributed by atoms with van der Waals surface area (Å²) in [5, 5.41) is 15.8. The predicted octanol–water partition coefficient (Wildman–Crippen LogP) is 1.71. The molecule has 0 spiro atoms. The van der Waals surface area contributed by atoms with Crippen molar-refractivity contribution in [3.05, 3.63) is 54.1 Å². The van der Waals surface area contributed by atoms with Gasteiger partial charge in [-0.15, -0.1) is 15.3 Å². The van der Waals surface area contributed by atoms with E-state index in [1.807, 2.05) is 0 Å². The first-order chi connectivity index (χ1) is 9.31. The summed E-state index contributed by atoms with van der Waals surface area (Å²) in [6, 6.07) is 9.54. The third-order valence-electron chi connectivity index (χ3n) is 2.42. The molecule has 2 heterocycles. The molecular formula is C12H9FN6. The summed E-state index contributed by atoms with van der Waals surface area (Å²) in [6.45, 7) is 0. The van der Waals surface area contributed by atoms with E-state index in [1.54, 1.807) is 30.5 Å². The minimum Gasteiger partial charge on any atom is -0.260 e. The highest BCUT2D eigenvalue weighted by Gasteiger charge is 1.97. The van der Waals surface area contributed by atoms with Crippen molar-refractivity contribution < 1.29 is 4.39 Å². The van der Waals surface area contributed by atoms with Gasteiger partial charge >= 0.3 is 0 Å². The van der Waals surface area contributed by atoms with Crippen LogP contribution in [0.4, 0.5) is 10.2 Å². The van der Waals surface area contributed by atoms with Crippen molar-refractivity contribution in [3.63, 3.8) is 0 Å². The molecule has 0 aliphatic rings. The summed E-state index contributed by atoms with van der Waals surface area (Å²) in [6.07, 6.45) is 3.08. The molecule has 0 saturated heterocycles. The van der Waals surface area contributed by atoms with E-state index in [2.05, 4.69) is 25.8 Å². The van der Waals surface area contributed by atoms with Gasteiger partial charge in [0, 0.05) is 0 Å². The lowest BCUT2D eigenvalue weighted by atomic mass is 10.2. The van der Waals surface area contributed by atoms with E-state index in [9.17, 15) is 4.39 Å². The first-order valence-electron chi connectivity index (χ1n) is 5.53. The number of fused-ring (bicyclic) bond motifs is 1. The summed E-state index contributed by atoms with van der Waals surface area (Å²) in [5.41, 5.74) is 4.23. The van der Waals surface area contributed by atoms with Crippen LogP contribution in [0.1, 0.15) is 5.56 Å². The molecule has 94 valence electrons. The fraction of sp³-hybridized carbons (Fsp3) is 0. The largest absolute Gasteiger partial charge is 0.260 e. The maximum Gasteiger partial charge on any atom is 0.177 e. The van der Waals surface area contributed by atoms with E-state index in [0.29, 0.717) is 11.5 Å². The smallest absolute Gasteiger partial charge is 0.177 e. The number of hydrogen-bond acceptors (Lipinski definition) is 5. The maximum atomic E-state index is 12.7. The second-order valence-corrected chi connectivity index (χ2v) is 3.77. The number of nitrogens with one attached hydrogen (secondary N) is 1. The molecular weight excluding hydrogens is 247 g/mol. The molecule has 7 heteroatoms. The van der Waals surface area contributed by atoms with E-state index < -0.39 is 0 Å². The molecule has 19 heavy (non-hydrogen) atoms. The number of halogens is 1. The first-order valence-corrected chi connectivity index (χ1v) is 5.53. The second-order valence-electron chi connectivity index (χ2n) is 3.77. The third kappa shape index (κ3) is 2.54. The molecule has 2 aromatic heterocycles. The Balaban J connectivity index is 1.72. The topological polar surface area (TPSA) is 67.5 Å². The molecule has 0 radical (unpaired) electrons. The fourth-order valence-electron chi connectivity index (χ4n) is 1.51. The number of hydrogen-bond donors (Lipinski definition) is 1. The average Bonchev–Trinajstić information content (AvgIpc) is 2.88. The van der Waals surface area contributed by atoms with E-state index in [0.717, 1.165) is 5.56 Å². The maximum absolute atomic E-state index is 12.7. The third-order valence-corrected chi connectivity index (χ3v) is 2.42. The van der Waals surface area contributed by atoms with E-state index in [4.69, 9.17) is 0 Å². The molecule has 0 aliphatic carbocycles. The van der Waals surface area contributed by atoms with Crippen molar-refractivity contribution in [1.29, 1.82) is 0 Å². The SMILES string of the molecule is Fc1ccc(C=NNc2ccc3nncn3n2)cc1. The highest BCUT2D eigenvalue weighted by atomic mass is 19.1. The molecule has 0 bridgehead atoms. The number of aromatic nitrogens is 4. The van der Waals surface area contributed by atoms with Gasteiger partial charge in [-0.25, -0.2) is 4.39 Å². The Kier molecular flexibility index (Phi) is 2.85. The van der Waals surface area contributed by atoms with Gasteiger partial charge in [0.05, 0.1) is 6.21 Å². The Hall–Kier alpha value is -2.83. The lowest BCUT2D eigenvalue weighted by Gasteiger charge is -1.99. The predicted molar refractivity (Wildman–Crippen MR) is 68.4 cm³/mol. The molecule has 1 N–H and O–H groups in total. The lowest BCUT2D eigenvalue weighted by Crippen LogP contribution is -1.98. The van der Waals surface area contributed by atoms with Crippen molar-refractivity contribution in [2.75, 3.05) is 5.43 Å². The van der Waals surface area contributed by atoms with E-state index in [-0.39, 0.29) is 5.82 Å². The molecule has 0 saturated carbocycles. The quantitative estimate of drug-likeness (QED) is 0.572. The number of anilines is 1. The van der Waals surface area contributed by atoms with E-state index >= 15 is 0 Å². The van der Waals surface area contributed by atoms with Crippen LogP contribution in [0.15, 0.2) is 47.8 Å². The van der Waals surface area contributed by atoms with Crippen molar-refractivity contribution in [1.82, 2.24) is 19.8 Å². The number of benzene rings is 1. The first kappa shape index (κ1) is 11.3. The van der Waals surface area contributed by atoms with Crippen LogP contribution in [0.2, 0.25) is 0 Å². The van der Waals surface area contributed by atoms with Crippen LogP contribution < -0.4 is 5.43 Å². The van der Waals surface area contributed by atoms with Gasteiger partial charge < -0.3 is 0 Å². The van der Waals surface area contributed by atoms with Gasteiger partial charge in [0.25, 0.3) is 0 Å². The summed E-state index contributed by atoms with van der Waals surface area (Å²) < 4.78 is 14.2. The monoisotopic (exact) mass is 256 g/mol. The summed E-state index contributed by atoms with van der Waals surface area (Å²) in [7, 11) is 0. The van der Waals surface area contributed by atoms with Gasteiger partial charge in [0.2, 0.25) is 0 Å². The Labute approximate surface area is 107 Å². The Morgan fingerprint density at radius 1 is 1.16 bits per heavy atom. The number of nitrogens with zero attached hydrogens (tertiary/aromatic N) is 5. The zero-order valence-electron chi connectivity index (χ0n) is 9.73. The average molecular weight is 256 g/mol. The highest BCUT2D eigenvalue weighted by molar-refractivity contribution is 5.79. The summed E-state index contributed by atoms with van der Waals surface area (Å²) in [5.74, 6) is 0.287. The van der Waals surface area contributed by atoms with Crippen LogP contribution in [0.3, 0.4) is 0 Å². The van der Waals surface area contributed by atoms with E-state index in [1.165, 1.54) is 23.0 Å². The fourth-order valence-corrected chi connectivity index (χ4v) is 1.51. The van der Waals surface area contributed by atoms with Gasteiger partial charge in [-0.05, 0) is 29.8 Å².